The summed E-state index contributed by atoms with van der Waals surface area (Å²) in [7, 11) is 2.09. The van der Waals surface area contributed by atoms with E-state index in [0.29, 0.717) is 6.04 Å². The quantitative estimate of drug-likeness (QED) is 0.824. The molecule has 0 aliphatic carbocycles. The molecule has 2 rings (SSSR count). The van der Waals surface area contributed by atoms with Gasteiger partial charge in [-0.15, -0.1) is 11.3 Å². The van der Waals surface area contributed by atoms with Crippen LogP contribution in [0, 0.1) is 0 Å². The molecule has 0 bridgehead atoms. The van der Waals surface area contributed by atoms with Crippen molar-refractivity contribution in [2.75, 3.05) is 0 Å². The van der Waals surface area contributed by atoms with E-state index >= 15 is 0 Å². The third kappa shape index (κ3) is 3.20. The molecule has 0 amide bonds. The number of nitrogens with zero attached hydrogens (tertiary/aromatic N) is 1. The predicted octanol–water partition coefficient (Wildman–Crippen LogP) is 3.72. The van der Waals surface area contributed by atoms with E-state index in [-0.39, 0.29) is 0 Å². The zero-order chi connectivity index (χ0) is 12.1. The van der Waals surface area contributed by atoms with Crippen LogP contribution >= 0.6 is 11.3 Å². The van der Waals surface area contributed by atoms with Gasteiger partial charge in [-0.1, -0.05) is 19.4 Å². The zero-order valence-corrected chi connectivity index (χ0v) is 11.3. The highest BCUT2D eigenvalue weighted by atomic mass is 32.1. The molecule has 1 atom stereocenters. The Bertz CT molecular complexity index is 431. The maximum absolute atomic E-state index is 3.66. The van der Waals surface area contributed by atoms with Crippen molar-refractivity contribution in [3.63, 3.8) is 0 Å². The second-order valence-electron chi connectivity index (χ2n) is 4.35. The van der Waals surface area contributed by atoms with Crippen molar-refractivity contribution >= 4 is 11.3 Å². The molecule has 17 heavy (non-hydrogen) atoms. The fourth-order valence-corrected chi connectivity index (χ4v) is 2.87. The third-order valence-electron chi connectivity index (χ3n) is 3.04. The Kier molecular flexibility index (Phi) is 4.40. The first kappa shape index (κ1) is 12.4. The van der Waals surface area contributed by atoms with Crippen LogP contribution in [0.3, 0.4) is 0 Å². The van der Waals surface area contributed by atoms with Crippen LogP contribution in [-0.4, -0.2) is 4.57 Å². The highest BCUT2D eigenvalue weighted by Crippen LogP contribution is 2.23. The second-order valence-corrected chi connectivity index (χ2v) is 5.33. The fourth-order valence-electron chi connectivity index (χ4n) is 2.03. The van der Waals surface area contributed by atoms with Gasteiger partial charge in [0.15, 0.2) is 0 Å². The van der Waals surface area contributed by atoms with Crippen molar-refractivity contribution in [3.05, 3.63) is 46.4 Å². The lowest BCUT2D eigenvalue weighted by Crippen LogP contribution is -2.21. The topological polar surface area (TPSA) is 17.0 Å². The first-order chi connectivity index (χ1) is 8.31. The number of aromatic nitrogens is 1. The van der Waals surface area contributed by atoms with Gasteiger partial charge in [0.1, 0.15) is 0 Å². The number of nitrogens with one attached hydrogen (secondary N) is 1. The van der Waals surface area contributed by atoms with Gasteiger partial charge < -0.3 is 9.88 Å². The fraction of sp³-hybridized carbons (Fsp3) is 0.429. The summed E-state index contributed by atoms with van der Waals surface area (Å²) in [6, 6.07) is 9.12. The van der Waals surface area contributed by atoms with Gasteiger partial charge in [0.05, 0.1) is 0 Å². The highest BCUT2D eigenvalue weighted by molar-refractivity contribution is 7.10. The minimum Gasteiger partial charge on any atom is -0.353 e. The summed E-state index contributed by atoms with van der Waals surface area (Å²) in [5, 5.41) is 5.81. The average Bonchev–Trinajstić information content (AvgIpc) is 2.96. The van der Waals surface area contributed by atoms with Crippen LogP contribution in [0.4, 0.5) is 0 Å². The molecule has 3 heteroatoms. The molecule has 1 N–H and O–H groups in total. The van der Waals surface area contributed by atoms with E-state index in [0.717, 1.165) is 6.54 Å². The van der Waals surface area contributed by atoms with Crippen LogP contribution < -0.4 is 5.32 Å². The van der Waals surface area contributed by atoms with Crippen molar-refractivity contribution in [2.45, 2.75) is 32.4 Å². The standard InChI is InChI=1S/C14H20N2S/c1-3-6-13(14-8-5-10-17-14)15-11-12-7-4-9-16(12)2/h4-5,7-10,13,15H,3,6,11H2,1-2H3. The van der Waals surface area contributed by atoms with E-state index in [1.165, 1.54) is 23.4 Å². The summed E-state index contributed by atoms with van der Waals surface area (Å²) in [6.45, 7) is 3.18. The van der Waals surface area contributed by atoms with Crippen LogP contribution in [-0.2, 0) is 13.6 Å². The minimum absolute atomic E-state index is 0.495. The van der Waals surface area contributed by atoms with Crippen LogP contribution in [0.25, 0.3) is 0 Å². The summed E-state index contributed by atoms with van der Waals surface area (Å²) in [5.41, 5.74) is 1.34. The first-order valence-corrected chi connectivity index (χ1v) is 7.06. The molecule has 0 aliphatic heterocycles. The molecule has 0 fully saturated rings. The lowest BCUT2D eigenvalue weighted by Gasteiger charge is -2.17. The van der Waals surface area contributed by atoms with E-state index in [1.807, 2.05) is 11.3 Å². The van der Waals surface area contributed by atoms with Crippen molar-refractivity contribution in [1.29, 1.82) is 0 Å². The largest absolute Gasteiger partial charge is 0.353 e. The molecule has 0 saturated carbocycles. The number of hydrogen-bond donors (Lipinski definition) is 1. The van der Waals surface area contributed by atoms with Crippen LogP contribution in [0.5, 0.6) is 0 Å². The lowest BCUT2D eigenvalue weighted by atomic mass is 10.1. The van der Waals surface area contributed by atoms with E-state index in [1.54, 1.807) is 0 Å². The number of hydrogen-bond acceptors (Lipinski definition) is 2. The van der Waals surface area contributed by atoms with Gasteiger partial charge in [-0.25, -0.2) is 0 Å². The van der Waals surface area contributed by atoms with E-state index in [4.69, 9.17) is 0 Å². The number of rotatable bonds is 6. The molecule has 0 aliphatic rings. The molecule has 2 nitrogen and oxygen atoms in total. The molecule has 2 aromatic heterocycles. The molecule has 0 aromatic carbocycles. The predicted molar refractivity (Wildman–Crippen MR) is 74.2 cm³/mol. The van der Waals surface area contributed by atoms with Crippen molar-refractivity contribution in [1.82, 2.24) is 9.88 Å². The molecule has 2 aromatic rings. The smallest absolute Gasteiger partial charge is 0.0417 e. The van der Waals surface area contributed by atoms with Crippen molar-refractivity contribution < 1.29 is 0 Å². The molecule has 0 spiro atoms. The SMILES string of the molecule is CCCC(NCc1cccn1C)c1cccs1. The molecule has 1 unspecified atom stereocenters. The average molecular weight is 248 g/mol. The Morgan fingerprint density at radius 1 is 1.35 bits per heavy atom. The summed E-state index contributed by atoms with van der Waals surface area (Å²) in [5.74, 6) is 0. The highest BCUT2D eigenvalue weighted by Gasteiger charge is 2.11. The van der Waals surface area contributed by atoms with Gasteiger partial charge in [-0.05, 0) is 30.0 Å². The lowest BCUT2D eigenvalue weighted by molar-refractivity contribution is 0.491. The summed E-state index contributed by atoms with van der Waals surface area (Å²) in [6.07, 6.45) is 4.50. The summed E-state index contributed by atoms with van der Waals surface area (Å²) >= 11 is 1.84. The van der Waals surface area contributed by atoms with Crippen molar-refractivity contribution in [2.24, 2.45) is 7.05 Å². The first-order valence-electron chi connectivity index (χ1n) is 6.18. The van der Waals surface area contributed by atoms with Crippen LogP contribution in [0.15, 0.2) is 35.8 Å². The molecular formula is C14H20N2S. The maximum Gasteiger partial charge on any atom is 0.0417 e. The molecule has 92 valence electrons. The van der Waals surface area contributed by atoms with E-state index in [2.05, 4.69) is 59.7 Å². The molecule has 0 radical (unpaired) electrons. The van der Waals surface area contributed by atoms with Gasteiger partial charge >= 0.3 is 0 Å². The van der Waals surface area contributed by atoms with Gasteiger partial charge in [0.25, 0.3) is 0 Å². The summed E-state index contributed by atoms with van der Waals surface area (Å²) in [4.78, 5) is 1.45. The Labute approximate surface area is 107 Å². The number of aryl methyl sites for hydroxylation is 1. The summed E-state index contributed by atoms with van der Waals surface area (Å²) < 4.78 is 2.17. The second kappa shape index (κ2) is 6.03. The van der Waals surface area contributed by atoms with E-state index in [9.17, 15) is 0 Å². The maximum atomic E-state index is 3.66. The molecule has 0 saturated heterocycles. The molecular weight excluding hydrogens is 228 g/mol. The van der Waals surface area contributed by atoms with Gasteiger partial charge in [-0.3, -0.25) is 0 Å². The van der Waals surface area contributed by atoms with Gasteiger partial charge in [0, 0.05) is 36.4 Å². The van der Waals surface area contributed by atoms with Crippen LogP contribution in [0.1, 0.15) is 36.4 Å². The van der Waals surface area contributed by atoms with Crippen molar-refractivity contribution in [3.8, 4) is 0 Å². The monoisotopic (exact) mass is 248 g/mol. The van der Waals surface area contributed by atoms with Crippen LogP contribution in [0.2, 0.25) is 0 Å². The van der Waals surface area contributed by atoms with Gasteiger partial charge in [0.2, 0.25) is 0 Å². The van der Waals surface area contributed by atoms with Gasteiger partial charge in [-0.2, -0.15) is 0 Å². The third-order valence-corrected chi connectivity index (χ3v) is 4.03. The Hall–Kier alpha value is -1.06. The number of thiophene rings is 1. The Morgan fingerprint density at radius 3 is 2.82 bits per heavy atom. The van der Waals surface area contributed by atoms with E-state index < -0.39 is 0 Å². The minimum atomic E-state index is 0.495. The zero-order valence-electron chi connectivity index (χ0n) is 10.5. The Balaban J connectivity index is 1.97. The Morgan fingerprint density at radius 2 is 2.24 bits per heavy atom. The normalized spacial score (nSPS) is 12.8. The molecule has 2 heterocycles.